The Labute approximate surface area is 103 Å². The number of hydrogen-bond donors (Lipinski definition) is 2. The average Bonchev–Trinajstić information content (AvgIpc) is 2.85. The van der Waals surface area contributed by atoms with Crippen LogP contribution in [-0.4, -0.2) is 25.5 Å². The van der Waals surface area contributed by atoms with Crippen LogP contribution in [0.15, 0.2) is 18.2 Å². The molecule has 0 saturated heterocycles. The summed E-state index contributed by atoms with van der Waals surface area (Å²) in [5.74, 6) is 0.501. The average molecular weight is 248 g/mol. The summed E-state index contributed by atoms with van der Waals surface area (Å²) in [5.41, 5.74) is 1.64. The van der Waals surface area contributed by atoms with Crippen molar-refractivity contribution in [2.75, 3.05) is 5.32 Å². The lowest BCUT2D eigenvalue weighted by Crippen LogP contribution is -2.09. The quantitative estimate of drug-likeness (QED) is 0.628. The molecule has 18 heavy (non-hydrogen) atoms. The molecule has 94 valence electrons. The molecule has 1 aromatic heterocycles. The van der Waals surface area contributed by atoms with Crippen molar-refractivity contribution in [1.29, 1.82) is 0 Å². The van der Waals surface area contributed by atoms with Gasteiger partial charge in [-0.05, 0) is 19.4 Å². The van der Waals surface area contributed by atoms with E-state index in [1.165, 1.54) is 12.1 Å². The Kier molecular flexibility index (Phi) is 3.18. The van der Waals surface area contributed by atoms with Crippen molar-refractivity contribution in [2.45, 2.75) is 19.9 Å². The number of aromatic nitrogens is 4. The number of anilines is 1. The molecule has 0 saturated carbocycles. The predicted octanol–water partition coefficient (Wildman–Crippen LogP) is 1.59. The minimum absolute atomic E-state index is 0.0448. The van der Waals surface area contributed by atoms with Crippen LogP contribution in [0.3, 0.4) is 0 Å². The van der Waals surface area contributed by atoms with Crippen molar-refractivity contribution in [3.8, 4) is 0 Å². The molecule has 1 unspecified atom stereocenters. The first-order valence-electron chi connectivity index (χ1n) is 5.33. The van der Waals surface area contributed by atoms with E-state index in [1.807, 2.05) is 13.8 Å². The van der Waals surface area contributed by atoms with Crippen molar-refractivity contribution < 1.29 is 4.92 Å². The van der Waals surface area contributed by atoms with Crippen molar-refractivity contribution in [3.05, 3.63) is 39.7 Å². The Morgan fingerprint density at radius 2 is 2.28 bits per heavy atom. The molecule has 2 N–H and O–H groups in total. The highest BCUT2D eigenvalue weighted by molar-refractivity contribution is 5.57. The second kappa shape index (κ2) is 4.78. The van der Waals surface area contributed by atoms with Crippen LogP contribution in [0.5, 0.6) is 0 Å². The Morgan fingerprint density at radius 1 is 1.50 bits per heavy atom. The van der Waals surface area contributed by atoms with Gasteiger partial charge in [0.2, 0.25) is 0 Å². The van der Waals surface area contributed by atoms with Gasteiger partial charge in [0.15, 0.2) is 5.82 Å². The number of rotatable bonds is 4. The van der Waals surface area contributed by atoms with Crippen LogP contribution in [-0.2, 0) is 0 Å². The molecule has 1 atom stereocenters. The number of nitrogens with zero attached hydrogens (tertiary/aromatic N) is 4. The lowest BCUT2D eigenvalue weighted by Gasteiger charge is -2.13. The maximum absolute atomic E-state index is 10.7. The fourth-order valence-electron chi connectivity index (χ4n) is 1.53. The third-order valence-corrected chi connectivity index (χ3v) is 2.55. The molecule has 0 spiro atoms. The van der Waals surface area contributed by atoms with Gasteiger partial charge in [0.25, 0.3) is 5.69 Å². The van der Waals surface area contributed by atoms with E-state index in [0.29, 0.717) is 11.5 Å². The SMILES string of the molecule is Cc1ccc([N+](=O)[O-])cc1NC(C)c1nn[nH]n1. The van der Waals surface area contributed by atoms with Crippen LogP contribution >= 0.6 is 0 Å². The van der Waals surface area contributed by atoms with Gasteiger partial charge >= 0.3 is 0 Å². The second-order valence-electron chi connectivity index (χ2n) is 3.89. The summed E-state index contributed by atoms with van der Waals surface area (Å²) in [7, 11) is 0. The molecule has 0 radical (unpaired) electrons. The number of aromatic amines is 1. The van der Waals surface area contributed by atoms with Crippen LogP contribution in [0, 0.1) is 17.0 Å². The molecule has 2 rings (SSSR count). The molecule has 0 bridgehead atoms. The molecule has 0 fully saturated rings. The zero-order valence-electron chi connectivity index (χ0n) is 9.91. The predicted molar refractivity (Wildman–Crippen MR) is 64.0 cm³/mol. The van der Waals surface area contributed by atoms with E-state index < -0.39 is 4.92 Å². The zero-order chi connectivity index (χ0) is 13.1. The standard InChI is InChI=1S/C10H12N6O2/c1-6-3-4-8(16(17)18)5-9(6)11-7(2)10-12-14-15-13-10/h3-5,7,11H,1-2H3,(H,12,13,14,15). The number of hydrogen-bond acceptors (Lipinski definition) is 6. The number of H-pyrrole nitrogens is 1. The van der Waals surface area contributed by atoms with Gasteiger partial charge in [-0.25, -0.2) is 0 Å². The normalized spacial score (nSPS) is 12.1. The summed E-state index contributed by atoms with van der Waals surface area (Å²) in [6, 6.07) is 4.47. The van der Waals surface area contributed by atoms with E-state index in [-0.39, 0.29) is 11.7 Å². The molecule has 8 nitrogen and oxygen atoms in total. The molecule has 0 amide bonds. The number of aryl methyl sites for hydroxylation is 1. The number of nitro groups is 1. The van der Waals surface area contributed by atoms with Gasteiger partial charge in [-0.3, -0.25) is 10.1 Å². The lowest BCUT2D eigenvalue weighted by atomic mass is 10.1. The van der Waals surface area contributed by atoms with E-state index in [9.17, 15) is 10.1 Å². The second-order valence-corrected chi connectivity index (χ2v) is 3.89. The van der Waals surface area contributed by atoms with Gasteiger partial charge in [-0.15, -0.1) is 10.2 Å². The third kappa shape index (κ3) is 2.42. The fourth-order valence-corrected chi connectivity index (χ4v) is 1.53. The van der Waals surface area contributed by atoms with Crippen molar-refractivity contribution >= 4 is 11.4 Å². The lowest BCUT2D eigenvalue weighted by molar-refractivity contribution is -0.384. The molecule has 0 aliphatic rings. The summed E-state index contributed by atoms with van der Waals surface area (Å²) in [5, 5.41) is 27.4. The minimum Gasteiger partial charge on any atom is -0.375 e. The maximum atomic E-state index is 10.7. The molecule has 0 aliphatic heterocycles. The van der Waals surface area contributed by atoms with Crippen LogP contribution in [0.2, 0.25) is 0 Å². The van der Waals surface area contributed by atoms with E-state index >= 15 is 0 Å². The first-order valence-corrected chi connectivity index (χ1v) is 5.33. The van der Waals surface area contributed by atoms with Crippen LogP contribution < -0.4 is 5.32 Å². The third-order valence-electron chi connectivity index (χ3n) is 2.55. The first-order chi connectivity index (χ1) is 8.58. The summed E-state index contributed by atoms with van der Waals surface area (Å²) in [6.07, 6.45) is 0. The number of non-ortho nitro benzene ring substituents is 1. The molecule has 0 aliphatic carbocycles. The number of benzene rings is 1. The summed E-state index contributed by atoms with van der Waals surface area (Å²) < 4.78 is 0. The van der Waals surface area contributed by atoms with Gasteiger partial charge in [0.1, 0.15) is 0 Å². The Balaban J connectivity index is 2.23. The summed E-state index contributed by atoms with van der Waals surface area (Å²) >= 11 is 0. The topological polar surface area (TPSA) is 110 Å². The van der Waals surface area contributed by atoms with Gasteiger partial charge in [0, 0.05) is 17.8 Å². The highest BCUT2D eigenvalue weighted by Gasteiger charge is 2.14. The van der Waals surface area contributed by atoms with E-state index in [1.54, 1.807) is 6.07 Å². The Morgan fingerprint density at radius 3 is 2.89 bits per heavy atom. The van der Waals surface area contributed by atoms with E-state index in [4.69, 9.17) is 0 Å². The van der Waals surface area contributed by atoms with E-state index in [2.05, 4.69) is 25.9 Å². The maximum Gasteiger partial charge on any atom is 0.271 e. The monoisotopic (exact) mass is 248 g/mol. The summed E-state index contributed by atoms with van der Waals surface area (Å²) in [4.78, 5) is 10.3. The van der Waals surface area contributed by atoms with Crippen molar-refractivity contribution in [3.63, 3.8) is 0 Å². The summed E-state index contributed by atoms with van der Waals surface area (Å²) in [6.45, 7) is 3.72. The first kappa shape index (κ1) is 12.0. The fraction of sp³-hybridized carbons (Fsp3) is 0.300. The largest absolute Gasteiger partial charge is 0.375 e. The van der Waals surface area contributed by atoms with Gasteiger partial charge < -0.3 is 5.32 Å². The smallest absolute Gasteiger partial charge is 0.271 e. The number of nitro benzene ring substituents is 1. The molecule has 2 aromatic rings. The van der Waals surface area contributed by atoms with Crippen LogP contribution in [0.25, 0.3) is 0 Å². The molecule has 1 heterocycles. The minimum atomic E-state index is -0.427. The van der Waals surface area contributed by atoms with Gasteiger partial charge in [0.05, 0.1) is 11.0 Å². The molecular weight excluding hydrogens is 236 g/mol. The molecule has 8 heteroatoms. The number of tetrazole rings is 1. The van der Waals surface area contributed by atoms with E-state index in [0.717, 1.165) is 5.56 Å². The van der Waals surface area contributed by atoms with Crippen molar-refractivity contribution in [1.82, 2.24) is 20.6 Å². The van der Waals surface area contributed by atoms with Crippen molar-refractivity contribution in [2.24, 2.45) is 0 Å². The number of nitrogens with one attached hydrogen (secondary N) is 2. The Hall–Kier alpha value is -2.51. The Bertz CT molecular complexity index is 554. The van der Waals surface area contributed by atoms with Gasteiger partial charge in [-0.1, -0.05) is 11.3 Å². The van der Waals surface area contributed by atoms with Gasteiger partial charge in [-0.2, -0.15) is 5.21 Å². The zero-order valence-corrected chi connectivity index (χ0v) is 9.91. The molecular formula is C10H12N6O2. The highest BCUT2D eigenvalue weighted by Crippen LogP contribution is 2.24. The van der Waals surface area contributed by atoms with Crippen LogP contribution in [0.4, 0.5) is 11.4 Å². The highest BCUT2D eigenvalue weighted by atomic mass is 16.6. The molecule has 1 aromatic carbocycles. The van der Waals surface area contributed by atoms with Crippen LogP contribution in [0.1, 0.15) is 24.4 Å².